The molecule has 11 heteroatoms. The van der Waals surface area contributed by atoms with E-state index in [1.54, 1.807) is 12.1 Å². The van der Waals surface area contributed by atoms with Crippen LogP contribution in [0.4, 0.5) is 13.2 Å². The summed E-state index contributed by atoms with van der Waals surface area (Å²) in [6, 6.07) is 5.85. The van der Waals surface area contributed by atoms with Crippen LogP contribution in [0.5, 0.6) is 0 Å². The van der Waals surface area contributed by atoms with Gasteiger partial charge in [0.15, 0.2) is 0 Å². The Labute approximate surface area is 191 Å². The molecule has 0 radical (unpaired) electrons. The highest BCUT2D eigenvalue weighted by Crippen LogP contribution is 2.37. The van der Waals surface area contributed by atoms with Gasteiger partial charge in [0.05, 0.1) is 31.4 Å². The topological polar surface area (TPSA) is 71.2 Å². The maximum absolute atomic E-state index is 13.2. The Bertz CT molecular complexity index is 1020. The average molecular weight is 491 g/mol. The predicted molar refractivity (Wildman–Crippen MR) is 117 cm³/mol. The van der Waals surface area contributed by atoms with Crippen LogP contribution in [-0.2, 0) is 6.18 Å². The first kappa shape index (κ1) is 23.6. The highest BCUT2D eigenvalue weighted by molar-refractivity contribution is 7.18. The van der Waals surface area contributed by atoms with E-state index in [0.717, 1.165) is 12.1 Å². The third kappa shape index (κ3) is 4.88. The van der Waals surface area contributed by atoms with Gasteiger partial charge in [-0.05, 0) is 43.5 Å². The summed E-state index contributed by atoms with van der Waals surface area (Å²) in [6.07, 6.45) is -2.84. The molecule has 1 atom stereocenters. The number of hydrogen-bond acceptors (Lipinski definition) is 4. The van der Waals surface area contributed by atoms with E-state index in [0.29, 0.717) is 35.0 Å². The van der Waals surface area contributed by atoms with Gasteiger partial charge in [-0.2, -0.15) is 13.2 Å². The number of benzene rings is 1. The normalized spacial score (nSPS) is 17.4. The van der Waals surface area contributed by atoms with E-state index in [2.05, 4.69) is 0 Å². The molecule has 0 aliphatic carbocycles. The van der Waals surface area contributed by atoms with Gasteiger partial charge in [-0.1, -0.05) is 29.3 Å². The first-order valence-electron chi connectivity index (χ1n) is 9.35. The largest absolute Gasteiger partial charge is 0.417 e. The molecule has 3 rings (SSSR count). The highest BCUT2D eigenvalue weighted by Gasteiger charge is 2.37. The zero-order chi connectivity index (χ0) is 22.9. The van der Waals surface area contributed by atoms with Gasteiger partial charge in [0, 0.05) is 13.6 Å². The lowest BCUT2D eigenvalue weighted by molar-refractivity contribution is -0.137. The first-order valence-corrected chi connectivity index (χ1v) is 10.9. The molecule has 0 spiro atoms. The molecule has 1 saturated heterocycles. The number of nitrogens with one attached hydrogen (secondary N) is 2. The number of rotatable bonds is 3. The molecule has 0 unspecified atom stereocenters. The summed E-state index contributed by atoms with van der Waals surface area (Å²) < 4.78 is 40.1. The molecule has 0 bridgehead atoms. The molecule has 2 N–H and O–H groups in total. The summed E-state index contributed by atoms with van der Waals surface area (Å²) in [5.74, 6) is -0.573. The van der Waals surface area contributed by atoms with Crippen molar-refractivity contribution < 1.29 is 18.0 Å². The number of carbonyl (C=O) groups excluding carboxylic acids is 1. The Balaban J connectivity index is 1.88. The second kappa shape index (κ2) is 9.18. The zero-order valence-electron chi connectivity index (χ0n) is 16.4. The number of amidine groups is 2. The molecule has 166 valence electrons. The molecule has 1 fully saturated rings. The van der Waals surface area contributed by atoms with E-state index < -0.39 is 28.7 Å². The minimum Gasteiger partial charge on any atom is -0.331 e. The Morgan fingerprint density at radius 1 is 1.23 bits per heavy atom. The van der Waals surface area contributed by atoms with Gasteiger partial charge < -0.3 is 9.80 Å². The molecule has 0 saturated carbocycles. The fourth-order valence-electron chi connectivity index (χ4n) is 3.48. The maximum Gasteiger partial charge on any atom is 0.417 e. The van der Waals surface area contributed by atoms with Crippen LogP contribution >= 0.6 is 34.5 Å². The molecule has 1 aliphatic heterocycles. The maximum atomic E-state index is 13.2. The molecule has 1 amide bonds. The van der Waals surface area contributed by atoms with Crippen LogP contribution < -0.4 is 0 Å². The molecule has 2 aromatic rings. The van der Waals surface area contributed by atoms with Gasteiger partial charge in [-0.3, -0.25) is 15.6 Å². The van der Waals surface area contributed by atoms with E-state index in [-0.39, 0.29) is 17.2 Å². The van der Waals surface area contributed by atoms with Crippen molar-refractivity contribution in [1.82, 2.24) is 9.80 Å². The van der Waals surface area contributed by atoms with Crippen LogP contribution in [0.3, 0.4) is 0 Å². The Morgan fingerprint density at radius 2 is 1.94 bits per heavy atom. The third-order valence-electron chi connectivity index (χ3n) is 5.11. The van der Waals surface area contributed by atoms with E-state index in [1.807, 2.05) is 0 Å². The van der Waals surface area contributed by atoms with Crippen LogP contribution in [0.15, 0.2) is 30.3 Å². The van der Waals surface area contributed by atoms with Gasteiger partial charge in [0.1, 0.15) is 11.7 Å². The van der Waals surface area contributed by atoms with Gasteiger partial charge in [0.2, 0.25) is 0 Å². The summed E-state index contributed by atoms with van der Waals surface area (Å²) in [7, 11) is 1.44. The van der Waals surface area contributed by atoms with Crippen molar-refractivity contribution in [3.05, 3.63) is 55.7 Å². The van der Waals surface area contributed by atoms with E-state index in [9.17, 15) is 18.0 Å². The molecule has 31 heavy (non-hydrogen) atoms. The minimum absolute atomic E-state index is 0.0333. The number of likely N-dealkylation sites (tertiary alicyclic amines) is 1. The average Bonchev–Trinajstić information content (AvgIpc) is 3.05. The molecule has 1 aliphatic rings. The summed E-state index contributed by atoms with van der Waals surface area (Å²) in [6.45, 7) is 0.427. The van der Waals surface area contributed by atoms with Crippen molar-refractivity contribution in [3.8, 4) is 0 Å². The third-order valence-corrected chi connectivity index (χ3v) is 6.76. The summed E-state index contributed by atoms with van der Waals surface area (Å²) in [4.78, 5) is 16.4. The van der Waals surface area contributed by atoms with Crippen LogP contribution in [0.25, 0.3) is 0 Å². The van der Waals surface area contributed by atoms with Crippen LogP contribution in [0.2, 0.25) is 9.36 Å². The quantitative estimate of drug-likeness (QED) is 0.408. The lowest BCUT2D eigenvalue weighted by Crippen LogP contribution is -2.49. The Hall–Kier alpha value is -2.10. The van der Waals surface area contributed by atoms with E-state index >= 15 is 0 Å². The highest BCUT2D eigenvalue weighted by atomic mass is 35.5. The van der Waals surface area contributed by atoms with Gasteiger partial charge in [-0.25, -0.2) is 0 Å². The SMILES string of the molecule is CN(C(=O)c1cccc(C(F)(F)F)c1Cl)[C@@H]1CCCCN(C(=N)c2ccc(Cl)s2)C1=N. The molecule has 2 heterocycles. The molecule has 1 aromatic heterocycles. The van der Waals surface area contributed by atoms with Crippen LogP contribution in [-0.4, -0.2) is 47.0 Å². The number of thiophene rings is 1. The summed E-state index contributed by atoms with van der Waals surface area (Å²) in [5.41, 5.74) is -1.36. The van der Waals surface area contributed by atoms with Crippen molar-refractivity contribution in [2.75, 3.05) is 13.6 Å². The number of alkyl halides is 3. The lowest BCUT2D eigenvalue weighted by Gasteiger charge is -2.33. The minimum atomic E-state index is -4.69. The van der Waals surface area contributed by atoms with Crippen LogP contribution in [0.1, 0.15) is 40.1 Å². The lowest BCUT2D eigenvalue weighted by atomic mass is 10.1. The van der Waals surface area contributed by atoms with Crippen molar-refractivity contribution in [2.45, 2.75) is 31.5 Å². The number of hydrogen-bond donors (Lipinski definition) is 2. The fraction of sp³-hybridized carbons (Fsp3) is 0.350. The number of amides is 1. The van der Waals surface area contributed by atoms with Gasteiger partial charge in [0.25, 0.3) is 5.91 Å². The standard InChI is InChI=1S/C20H19Cl2F3N4OS/c1-28(19(30)11-5-4-6-12(16(11)22)20(23,24)25)13-7-2-3-10-29(17(13)26)18(27)14-8-9-15(21)31-14/h4-6,8-9,13,26-27H,2-3,7,10H2,1H3/t13-/m1/s1. The summed E-state index contributed by atoms with van der Waals surface area (Å²) >= 11 is 13.1. The fourth-order valence-corrected chi connectivity index (χ4v) is 4.79. The zero-order valence-corrected chi connectivity index (χ0v) is 18.7. The van der Waals surface area contributed by atoms with Crippen molar-refractivity contribution in [1.29, 1.82) is 10.8 Å². The van der Waals surface area contributed by atoms with Crippen LogP contribution in [0, 0.1) is 10.8 Å². The second-order valence-corrected chi connectivity index (χ2v) is 9.17. The van der Waals surface area contributed by atoms with E-state index in [1.165, 1.54) is 34.3 Å². The number of halogens is 5. The molecular formula is C20H19Cl2F3N4OS. The molecule has 1 aromatic carbocycles. The van der Waals surface area contributed by atoms with Gasteiger partial charge in [-0.15, -0.1) is 11.3 Å². The smallest absolute Gasteiger partial charge is 0.331 e. The van der Waals surface area contributed by atoms with Crippen molar-refractivity contribution in [3.63, 3.8) is 0 Å². The predicted octanol–water partition coefficient (Wildman–Crippen LogP) is 6.00. The van der Waals surface area contributed by atoms with Crippen molar-refractivity contribution in [2.24, 2.45) is 0 Å². The van der Waals surface area contributed by atoms with Gasteiger partial charge >= 0.3 is 6.18 Å². The monoisotopic (exact) mass is 490 g/mol. The number of carbonyl (C=O) groups is 1. The Morgan fingerprint density at radius 3 is 2.55 bits per heavy atom. The number of likely N-dealkylation sites (N-methyl/N-ethyl adjacent to an activating group) is 1. The molecule has 5 nitrogen and oxygen atoms in total. The number of nitrogens with zero attached hydrogens (tertiary/aromatic N) is 2. The molecular weight excluding hydrogens is 472 g/mol. The Kier molecular flexibility index (Phi) is 6.98. The van der Waals surface area contributed by atoms with E-state index in [4.69, 9.17) is 34.0 Å². The van der Waals surface area contributed by atoms with Crippen molar-refractivity contribution >= 4 is 52.1 Å². The summed E-state index contributed by atoms with van der Waals surface area (Å²) in [5, 5.41) is 16.5. The first-order chi connectivity index (χ1) is 14.5. The second-order valence-electron chi connectivity index (χ2n) is 7.08.